The van der Waals surface area contributed by atoms with Gasteiger partial charge in [-0.2, -0.15) is 0 Å². The number of methoxy groups -OCH3 is 1. The Morgan fingerprint density at radius 2 is 2.32 bits per heavy atom. The molecule has 5 heteroatoms. The van der Waals surface area contributed by atoms with Crippen LogP contribution in [0.1, 0.15) is 5.56 Å². The number of hydrogen-bond donors (Lipinski definition) is 1. The molecule has 1 N–H and O–H groups in total. The Morgan fingerprint density at radius 3 is 3.11 bits per heavy atom. The summed E-state index contributed by atoms with van der Waals surface area (Å²) in [4.78, 5) is 15.2. The van der Waals surface area contributed by atoms with E-state index in [1.165, 1.54) is 7.11 Å². The van der Waals surface area contributed by atoms with Gasteiger partial charge in [0.2, 0.25) is 0 Å². The Hall–Kier alpha value is -1.46. The summed E-state index contributed by atoms with van der Waals surface area (Å²) in [5.74, 6) is -0.268. The van der Waals surface area contributed by atoms with Gasteiger partial charge in [0.25, 0.3) is 0 Å². The Bertz CT molecular complexity index is 574. The molecule has 0 amide bonds. The average Bonchev–Trinajstić information content (AvgIpc) is 2.46. The summed E-state index contributed by atoms with van der Waals surface area (Å²) in [6.45, 7) is 1.22. The van der Waals surface area contributed by atoms with Gasteiger partial charge in [0.05, 0.1) is 12.6 Å². The fraction of sp³-hybridized carbons (Fsp3) is 0.286. The Morgan fingerprint density at radius 1 is 1.47 bits per heavy atom. The van der Waals surface area contributed by atoms with E-state index in [1.54, 1.807) is 6.20 Å². The van der Waals surface area contributed by atoms with Crippen LogP contribution in [-0.2, 0) is 16.1 Å². The smallest absolute Gasteiger partial charge is 0.320 e. The van der Waals surface area contributed by atoms with Crippen LogP contribution in [0.2, 0.25) is 0 Å². The minimum Gasteiger partial charge on any atom is -0.468 e. The molecular formula is C14H15BrN2O2. The van der Waals surface area contributed by atoms with Crippen molar-refractivity contribution in [3.63, 3.8) is 0 Å². The largest absolute Gasteiger partial charge is 0.468 e. The van der Waals surface area contributed by atoms with Crippen LogP contribution >= 0.6 is 15.9 Å². The number of nitrogens with one attached hydrogen (secondary N) is 1. The first-order valence-corrected chi connectivity index (χ1v) is 6.88. The summed E-state index contributed by atoms with van der Waals surface area (Å²) in [5, 5.41) is 4.33. The fourth-order valence-electron chi connectivity index (χ4n) is 1.79. The number of halogens is 1. The normalized spacial score (nSPS) is 12.3. The molecular weight excluding hydrogens is 308 g/mol. The van der Waals surface area contributed by atoms with Crippen LogP contribution in [0.15, 0.2) is 36.5 Å². The fourth-order valence-corrected chi connectivity index (χ4v) is 2.21. The van der Waals surface area contributed by atoms with Crippen LogP contribution in [0.4, 0.5) is 0 Å². The Labute approximate surface area is 120 Å². The van der Waals surface area contributed by atoms with E-state index in [4.69, 9.17) is 0 Å². The maximum atomic E-state index is 11.2. The maximum absolute atomic E-state index is 11.2. The molecule has 0 saturated carbocycles. The molecule has 1 aromatic heterocycles. The van der Waals surface area contributed by atoms with E-state index in [1.807, 2.05) is 24.3 Å². The summed E-state index contributed by atoms with van der Waals surface area (Å²) >= 11 is 3.27. The van der Waals surface area contributed by atoms with Crippen molar-refractivity contribution in [3.05, 3.63) is 42.1 Å². The number of benzene rings is 1. The molecule has 0 bridgehead atoms. The number of carbonyl (C=O) groups is 1. The van der Waals surface area contributed by atoms with Crippen LogP contribution in [0.25, 0.3) is 10.9 Å². The van der Waals surface area contributed by atoms with E-state index in [0.717, 1.165) is 16.5 Å². The number of fused-ring (bicyclic) bond motifs is 1. The number of carbonyl (C=O) groups excluding carboxylic acids is 1. The molecule has 1 atom stereocenters. The first kappa shape index (κ1) is 14.0. The van der Waals surface area contributed by atoms with E-state index in [0.29, 0.717) is 13.1 Å². The van der Waals surface area contributed by atoms with Crippen molar-refractivity contribution in [1.29, 1.82) is 0 Å². The number of ether oxygens (including phenoxy) is 1. The van der Waals surface area contributed by atoms with Gasteiger partial charge in [0.1, 0.15) is 4.83 Å². The lowest BCUT2D eigenvalue weighted by Crippen LogP contribution is -2.29. The van der Waals surface area contributed by atoms with Crippen LogP contribution in [0.3, 0.4) is 0 Å². The molecule has 19 heavy (non-hydrogen) atoms. The minimum atomic E-state index is -0.320. The summed E-state index contributed by atoms with van der Waals surface area (Å²) < 4.78 is 4.64. The van der Waals surface area contributed by atoms with Crippen molar-refractivity contribution in [2.24, 2.45) is 0 Å². The summed E-state index contributed by atoms with van der Waals surface area (Å²) in [7, 11) is 1.38. The molecule has 0 spiro atoms. The molecule has 1 aromatic carbocycles. The van der Waals surface area contributed by atoms with Crippen molar-refractivity contribution in [3.8, 4) is 0 Å². The van der Waals surface area contributed by atoms with Gasteiger partial charge in [-0.3, -0.25) is 9.78 Å². The van der Waals surface area contributed by atoms with E-state index >= 15 is 0 Å². The van der Waals surface area contributed by atoms with Gasteiger partial charge in [0.15, 0.2) is 0 Å². The minimum absolute atomic E-state index is 0.268. The first-order valence-electron chi connectivity index (χ1n) is 5.97. The van der Waals surface area contributed by atoms with Gasteiger partial charge in [-0.1, -0.05) is 28.1 Å². The van der Waals surface area contributed by atoms with Crippen LogP contribution in [0.5, 0.6) is 0 Å². The van der Waals surface area contributed by atoms with E-state index in [-0.39, 0.29) is 10.8 Å². The molecule has 2 aromatic rings. The second-order valence-corrected chi connectivity index (χ2v) is 5.26. The zero-order chi connectivity index (χ0) is 13.7. The molecule has 0 aliphatic carbocycles. The monoisotopic (exact) mass is 322 g/mol. The van der Waals surface area contributed by atoms with Gasteiger partial charge in [-0.15, -0.1) is 0 Å². The van der Waals surface area contributed by atoms with Gasteiger partial charge < -0.3 is 10.1 Å². The number of esters is 1. The number of nitrogens with zero attached hydrogens (tertiary/aromatic N) is 1. The summed E-state index contributed by atoms with van der Waals surface area (Å²) in [6, 6.07) is 10.1. The van der Waals surface area contributed by atoms with Crippen LogP contribution < -0.4 is 5.32 Å². The van der Waals surface area contributed by atoms with Gasteiger partial charge in [-0.25, -0.2) is 0 Å². The average molecular weight is 323 g/mol. The standard InChI is InChI=1S/C14H15BrN2O2/c1-19-14(18)12(15)9-16-8-10-4-5-13-11(7-10)3-2-6-17-13/h2-7,12,16H,8-9H2,1H3. The third kappa shape index (κ3) is 3.75. The second kappa shape index (κ2) is 6.63. The number of aromatic nitrogens is 1. The Kier molecular flexibility index (Phi) is 4.87. The Balaban J connectivity index is 1.93. The topological polar surface area (TPSA) is 51.2 Å². The third-order valence-corrected chi connectivity index (χ3v) is 3.47. The first-order chi connectivity index (χ1) is 9.20. The lowest BCUT2D eigenvalue weighted by molar-refractivity contribution is -0.139. The van der Waals surface area contributed by atoms with Crippen LogP contribution in [0, 0.1) is 0 Å². The van der Waals surface area contributed by atoms with Crippen molar-refractivity contribution >= 4 is 32.8 Å². The van der Waals surface area contributed by atoms with Gasteiger partial charge >= 0.3 is 5.97 Å². The van der Waals surface area contributed by atoms with E-state index in [2.05, 4.69) is 37.0 Å². The van der Waals surface area contributed by atoms with Crippen LogP contribution in [-0.4, -0.2) is 29.4 Å². The highest BCUT2D eigenvalue weighted by Gasteiger charge is 2.13. The van der Waals surface area contributed by atoms with Crippen molar-refractivity contribution in [1.82, 2.24) is 10.3 Å². The highest BCUT2D eigenvalue weighted by atomic mass is 79.9. The zero-order valence-electron chi connectivity index (χ0n) is 10.6. The number of hydrogen-bond acceptors (Lipinski definition) is 4. The number of alkyl halides is 1. The quantitative estimate of drug-likeness (QED) is 0.677. The van der Waals surface area contributed by atoms with Crippen molar-refractivity contribution < 1.29 is 9.53 Å². The molecule has 2 rings (SSSR count). The second-order valence-electron chi connectivity index (χ2n) is 4.15. The molecule has 100 valence electrons. The van der Waals surface area contributed by atoms with E-state index < -0.39 is 0 Å². The van der Waals surface area contributed by atoms with Crippen molar-refractivity contribution in [2.75, 3.05) is 13.7 Å². The lowest BCUT2D eigenvalue weighted by Gasteiger charge is -2.09. The molecule has 1 heterocycles. The zero-order valence-corrected chi connectivity index (χ0v) is 12.2. The molecule has 0 saturated heterocycles. The highest BCUT2D eigenvalue weighted by molar-refractivity contribution is 9.10. The maximum Gasteiger partial charge on any atom is 0.320 e. The predicted molar refractivity (Wildman–Crippen MR) is 78.2 cm³/mol. The number of pyridine rings is 1. The van der Waals surface area contributed by atoms with Gasteiger partial charge in [-0.05, 0) is 23.8 Å². The molecule has 0 fully saturated rings. The number of rotatable bonds is 5. The lowest BCUT2D eigenvalue weighted by atomic mass is 10.1. The molecule has 0 aliphatic rings. The summed E-state index contributed by atoms with van der Waals surface area (Å²) in [6.07, 6.45) is 1.78. The molecule has 0 aliphatic heterocycles. The third-order valence-electron chi connectivity index (χ3n) is 2.78. The van der Waals surface area contributed by atoms with E-state index in [9.17, 15) is 4.79 Å². The molecule has 0 radical (unpaired) electrons. The van der Waals surface area contributed by atoms with Crippen molar-refractivity contribution in [2.45, 2.75) is 11.4 Å². The summed E-state index contributed by atoms with van der Waals surface area (Å²) in [5.41, 5.74) is 2.14. The predicted octanol–water partition coefficient (Wildman–Crippen LogP) is 2.26. The SMILES string of the molecule is COC(=O)C(Br)CNCc1ccc2ncccc2c1. The van der Waals surface area contributed by atoms with Gasteiger partial charge in [0, 0.05) is 24.7 Å². The molecule has 1 unspecified atom stereocenters. The molecule has 4 nitrogen and oxygen atoms in total. The highest BCUT2D eigenvalue weighted by Crippen LogP contribution is 2.13.